The number of amides is 1. The smallest absolute Gasteiger partial charge is 0.262 e. The van der Waals surface area contributed by atoms with E-state index in [1.807, 2.05) is 18.2 Å². The van der Waals surface area contributed by atoms with Gasteiger partial charge >= 0.3 is 0 Å². The van der Waals surface area contributed by atoms with Crippen molar-refractivity contribution in [2.24, 2.45) is 0 Å². The summed E-state index contributed by atoms with van der Waals surface area (Å²) in [4.78, 5) is 26.1. The molecule has 0 bridgehead atoms. The van der Waals surface area contributed by atoms with Crippen molar-refractivity contribution >= 4 is 23.3 Å². The first-order chi connectivity index (χ1) is 14.1. The Balaban J connectivity index is 1.62. The summed E-state index contributed by atoms with van der Waals surface area (Å²) in [6.07, 6.45) is -0.534. The molecule has 5 rings (SSSR count). The molecule has 0 unspecified atom stereocenters. The van der Waals surface area contributed by atoms with Gasteiger partial charge in [-0.1, -0.05) is 36.4 Å². The highest BCUT2D eigenvalue weighted by Crippen LogP contribution is 2.41. The lowest BCUT2D eigenvalue weighted by Crippen LogP contribution is -2.43. The summed E-state index contributed by atoms with van der Waals surface area (Å²) in [5.74, 6) is -0.226. The maximum atomic E-state index is 13.4. The fourth-order valence-electron chi connectivity index (χ4n) is 3.59. The molecule has 1 N–H and O–H groups in total. The zero-order valence-corrected chi connectivity index (χ0v) is 15.1. The third-order valence-electron chi connectivity index (χ3n) is 5.02. The number of nitrogens with one attached hydrogen (secondary N) is 1. The molecule has 0 aliphatic carbocycles. The molecular weight excluding hydrogens is 372 g/mol. The second-order valence-electron chi connectivity index (χ2n) is 6.71. The van der Waals surface area contributed by atoms with Crippen LogP contribution >= 0.6 is 0 Å². The topological polar surface area (TPSA) is 90.9 Å². The molecule has 29 heavy (non-hydrogen) atoms. The van der Waals surface area contributed by atoms with Crippen molar-refractivity contribution in [1.82, 2.24) is 0 Å². The van der Waals surface area contributed by atoms with Crippen LogP contribution in [0.5, 0.6) is 11.5 Å². The maximum absolute atomic E-state index is 13.4. The highest BCUT2D eigenvalue weighted by Gasteiger charge is 2.34. The van der Waals surface area contributed by atoms with E-state index in [9.17, 15) is 14.7 Å². The molecule has 7 heteroatoms. The summed E-state index contributed by atoms with van der Waals surface area (Å²) in [6, 6.07) is 18.9. The Labute approximate surface area is 166 Å². The van der Waals surface area contributed by atoms with Gasteiger partial charge in [-0.25, -0.2) is 0 Å². The van der Waals surface area contributed by atoms with Crippen LogP contribution in [0.2, 0.25) is 0 Å². The van der Waals surface area contributed by atoms with Gasteiger partial charge in [0.05, 0.1) is 17.2 Å². The average Bonchev–Trinajstić information content (AvgIpc) is 3.21. The van der Waals surface area contributed by atoms with E-state index < -0.39 is 12.1 Å². The van der Waals surface area contributed by atoms with Gasteiger partial charge in [0.1, 0.15) is 6.17 Å². The number of hydrogen-bond acceptors (Lipinski definition) is 6. The van der Waals surface area contributed by atoms with E-state index in [1.165, 1.54) is 12.1 Å². The van der Waals surface area contributed by atoms with Crippen LogP contribution < -0.4 is 24.8 Å². The Morgan fingerprint density at radius 3 is 2.55 bits per heavy atom. The molecule has 7 nitrogen and oxygen atoms in total. The third-order valence-corrected chi connectivity index (χ3v) is 5.02. The summed E-state index contributed by atoms with van der Waals surface area (Å²) in [7, 11) is 0. The number of fused-ring (bicyclic) bond motifs is 2. The number of hydrogen-bond donors (Lipinski definition) is 1. The van der Waals surface area contributed by atoms with Crippen molar-refractivity contribution in [3.05, 3.63) is 83.4 Å². The lowest BCUT2D eigenvalue weighted by Gasteiger charge is -2.38. The van der Waals surface area contributed by atoms with Crippen molar-refractivity contribution in [3.8, 4) is 11.5 Å². The molecule has 0 fully saturated rings. The average molecular weight is 387 g/mol. The van der Waals surface area contributed by atoms with Gasteiger partial charge < -0.3 is 24.7 Å². The highest BCUT2D eigenvalue weighted by molar-refractivity contribution is 6.12. The second kappa shape index (κ2) is 6.56. The second-order valence-corrected chi connectivity index (χ2v) is 6.71. The molecule has 0 saturated carbocycles. The monoisotopic (exact) mass is 387 g/mol. The van der Waals surface area contributed by atoms with E-state index in [-0.39, 0.29) is 18.3 Å². The Morgan fingerprint density at radius 1 is 1.00 bits per heavy atom. The Bertz CT molecular complexity index is 1130. The van der Waals surface area contributed by atoms with Crippen molar-refractivity contribution in [1.29, 1.82) is 0 Å². The quantitative estimate of drug-likeness (QED) is 0.743. The molecule has 1 amide bonds. The van der Waals surface area contributed by atoms with Crippen LogP contribution in [0.3, 0.4) is 0 Å². The molecule has 2 aliphatic heterocycles. The van der Waals surface area contributed by atoms with Crippen molar-refractivity contribution in [2.75, 3.05) is 17.0 Å². The Kier molecular flexibility index (Phi) is 3.87. The third kappa shape index (κ3) is 2.84. The normalized spacial score (nSPS) is 16.9. The van der Waals surface area contributed by atoms with Crippen molar-refractivity contribution in [3.63, 3.8) is 0 Å². The minimum absolute atomic E-state index is 0.0749. The Hall–Kier alpha value is -4.00. The standard InChI is InChI=1S/C22H16N2O5/c25-21-16-3-1-2-4-17(16)23-20(13-5-7-14(8-6-13)22(26)27)24(21)15-9-10-18-19(11-15)29-12-28-18/h1-11,20,23H,12H2,(H,26,27)/p-1/t20-/m0/s1. The molecule has 3 aromatic rings. The predicted octanol–water partition coefficient (Wildman–Crippen LogP) is 2.55. The zero-order valence-electron chi connectivity index (χ0n) is 15.1. The summed E-state index contributed by atoms with van der Waals surface area (Å²) in [6.45, 7) is 0.141. The zero-order chi connectivity index (χ0) is 20.0. The number of para-hydroxylation sites is 1. The summed E-state index contributed by atoms with van der Waals surface area (Å²) in [5.41, 5.74) is 2.70. The minimum atomic E-state index is -1.25. The van der Waals surface area contributed by atoms with Crippen molar-refractivity contribution in [2.45, 2.75) is 6.17 Å². The van der Waals surface area contributed by atoms with E-state index >= 15 is 0 Å². The molecule has 144 valence electrons. The van der Waals surface area contributed by atoms with Crippen LogP contribution in [0.4, 0.5) is 11.4 Å². The first-order valence-electron chi connectivity index (χ1n) is 9.02. The number of carbonyl (C=O) groups is 2. The first-order valence-corrected chi connectivity index (χ1v) is 9.02. The van der Waals surface area contributed by atoms with E-state index in [2.05, 4.69) is 5.32 Å². The highest BCUT2D eigenvalue weighted by atomic mass is 16.7. The molecular formula is C22H15N2O5-. The van der Waals surface area contributed by atoms with Crippen LogP contribution in [0.1, 0.15) is 32.4 Å². The molecule has 0 aromatic heterocycles. The van der Waals surface area contributed by atoms with Crippen molar-refractivity contribution < 1.29 is 24.2 Å². The SMILES string of the molecule is O=C([O-])c1ccc([C@H]2Nc3ccccc3C(=O)N2c2ccc3c(c2)OCO3)cc1. The van der Waals surface area contributed by atoms with E-state index in [4.69, 9.17) is 9.47 Å². The van der Waals surface area contributed by atoms with Gasteiger partial charge in [0.15, 0.2) is 11.5 Å². The number of nitrogens with zero attached hydrogens (tertiary/aromatic N) is 1. The molecule has 2 aliphatic rings. The van der Waals surface area contributed by atoms with Gasteiger partial charge in [-0.05, 0) is 35.4 Å². The lowest BCUT2D eigenvalue weighted by molar-refractivity contribution is -0.255. The fraction of sp³-hybridized carbons (Fsp3) is 0.0909. The van der Waals surface area contributed by atoms with Crippen LogP contribution in [-0.2, 0) is 0 Å². The lowest BCUT2D eigenvalue weighted by atomic mass is 10.0. The summed E-state index contributed by atoms with van der Waals surface area (Å²) < 4.78 is 10.8. The first kappa shape index (κ1) is 17.1. The maximum Gasteiger partial charge on any atom is 0.262 e. The number of benzene rings is 3. The van der Waals surface area contributed by atoms with Crippen LogP contribution in [0.15, 0.2) is 66.7 Å². The number of carbonyl (C=O) groups excluding carboxylic acids is 2. The molecule has 1 atom stereocenters. The molecule has 0 spiro atoms. The number of carboxylic acid groups (broad SMARTS) is 1. The molecule has 3 aromatic carbocycles. The Morgan fingerprint density at radius 2 is 1.76 bits per heavy atom. The number of carboxylic acids is 1. The van der Waals surface area contributed by atoms with Gasteiger partial charge in [-0.2, -0.15) is 0 Å². The van der Waals surface area contributed by atoms with Crippen LogP contribution in [0.25, 0.3) is 0 Å². The summed E-state index contributed by atoms with van der Waals surface area (Å²) >= 11 is 0. The van der Waals surface area contributed by atoms with Gasteiger partial charge in [0, 0.05) is 11.8 Å². The molecule has 0 saturated heterocycles. The van der Waals surface area contributed by atoms with E-state index in [0.717, 1.165) is 5.56 Å². The van der Waals surface area contributed by atoms with Crippen LogP contribution in [-0.4, -0.2) is 18.7 Å². The number of ether oxygens (including phenoxy) is 2. The van der Waals surface area contributed by atoms with Gasteiger partial charge in [0.2, 0.25) is 6.79 Å². The largest absolute Gasteiger partial charge is 0.545 e. The van der Waals surface area contributed by atoms with Gasteiger partial charge in [-0.15, -0.1) is 0 Å². The number of aromatic carboxylic acids is 1. The predicted molar refractivity (Wildman–Crippen MR) is 103 cm³/mol. The van der Waals surface area contributed by atoms with E-state index in [0.29, 0.717) is 28.4 Å². The van der Waals surface area contributed by atoms with E-state index in [1.54, 1.807) is 41.3 Å². The number of anilines is 2. The fourth-order valence-corrected chi connectivity index (χ4v) is 3.59. The molecule has 2 heterocycles. The molecule has 0 radical (unpaired) electrons. The minimum Gasteiger partial charge on any atom is -0.545 e. The van der Waals surface area contributed by atoms with Crippen LogP contribution in [0, 0.1) is 0 Å². The number of rotatable bonds is 3. The van der Waals surface area contributed by atoms with Gasteiger partial charge in [-0.3, -0.25) is 9.69 Å². The van der Waals surface area contributed by atoms with Gasteiger partial charge in [0.25, 0.3) is 5.91 Å². The summed E-state index contributed by atoms with van der Waals surface area (Å²) in [5, 5.41) is 14.5.